The molecule has 1 fully saturated rings. The van der Waals surface area contributed by atoms with E-state index in [-0.39, 0.29) is 0 Å². The molecule has 2 aromatic heterocycles. The number of piperidine rings is 1. The highest BCUT2D eigenvalue weighted by Crippen LogP contribution is 2.26. The van der Waals surface area contributed by atoms with Gasteiger partial charge < -0.3 is 0 Å². The van der Waals surface area contributed by atoms with Crippen LogP contribution in [-0.2, 0) is 6.54 Å². The first-order valence-electron chi connectivity index (χ1n) is 6.27. The Morgan fingerprint density at radius 1 is 1.28 bits per heavy atom. The van der Waals surface area contributed by atoms with Crippen LogP contribution in [0.3, 0.4) is 0 Å². The molecule has 2 aromatic rings. The molecule has 0 atom stereocenters. The SMILES string of the molecule is c1cc(C2CCN(Cc3cscn3)CC2)ncn1. The fourth-order valence-electron chi connectivity index (χ4n) is 2.47. The standard InChI is InChI=1S/C13H16N4S/c1-4-14-9-15-13(1)11-2-5-17(6-3-11)7-12-8-18-10-16-12/h1,4,8-11H,2-3,5-7H2. The topological polar surface area (TPSA) is 41.9 Å². The van der Waals surface area contributed by atoms with Gasteiger partial charge in [0.05, 0.1) is 11.2 Å². The molecule has 3 heterocycles. The molecule has 5 heteroatoms. The predicted molar refractivity (Wildman–Crippen MR) is 71.4 cm³/mol. The molecular formula is C13H16N4S. The molecule has 0 amide bonds. The molecule has 0 radical (unpaired) electrons. The van der Waals surface area contributed by atoms with Gasteiger partial charge >= 0.3 is 0 Å². The lowest BCUT2D eigenvalue weighted by molar-refractivity contribution is 0.201. The van der Waals surface area contributed by atoms with E-state index in [1.54, 1.807) is 17.7 Å². The van der Waals surface area contributed by atoms with E-state index < -0.39 is 0 Å². The van der Waals surface area contributed by atoms with Gasteiger partial charge in [-0.2, -0.15) is 0 Å². The zero-order valence-corrected chi connectivity index (χ0v) is 11.0. The molecule has 0 aliphatic carbocycles. The van der Waals surface area contributed by atoms with Gasteiger partial charge in [0.1, 0.15) is 6.33 Å². The number of hydrogen-bond acceptors (Lipinski definition) is 5. The van der Waals surface area contributed by atoms with Gasteiger partial charge in [0, 0.05) is 29.7 Å². The zero-order chi connectivity index (χ0) is 12.2. The molecular weight excluding hydrogens is 244 g/mol. The smallest absolute Gasteiger partial charge is 0.115 e. The molecule has 3 rings (SSSR count). The molecule has 0 saturated carbocycles. The third kappa shape index (κ3) is 2.73. The fourth-order valence-corrected chi connectivity index (χ4v) is 3.02. The van der Waals surface area contributed by atoms with Crippen molar-refractivity contribution in [1.82, 2.24) is 19.9 Å². The molecule has 0 spiro atoms. The van der Waals surface area contributed by atoms with Crippen LogP contribution in [0.25, 0.3) is 0 Å². The van der Waals surface area contributed by atoms with Crippen molar-refractivity contribution in [2.45, 2.75) is 25.3 Å². The van der Waals surface area contributed by atoms with Crippen LogP contribution in [0.4, 0.5) is 0 Å². The normalized spacial score (nSPS) is 18.0. The van der Waals surface area contributed by atoms with Crippen molar-refractivity contribution in [3.63, 3.8) is 0 Å². The second-order valence-electron chi connectivity index (χ2n) is 4.66. The summed E-state index contributed by atoms with van der Waals surface area (Å²) in [5.74, 6) is 0.597. The first-order valence-corrected chi connectivity index (χ1v) is 7.21. The van der Waals surface area contributed by atoms with Crippen molar-refractivity contribution in [3.8, 4) is 0 Å². The van der Waals surface area contributed by atoms with Crippen LogP contribution in [0, 0.1) is 0 Å². The minimum absolute atomic E-state index is 0.597. The van der Waals surface area contributed by atoms with Gasteiger partial charge in [0.2, 0.25) is 0 Å². The monoisotopic (exact) mass is 260 g/mol. The lowest BCUT2D eigenvalue weighted by Gasteiger charge is -2.31. The van der Waals surface area contributed by atoms with Crippen LogP contribution in [0.2, 0.25) is 0 Å². The Kier molecular flexibility index (Phi) is 3.61. The molecule has 1 aliphatic rings. The van der Waals surface area contributed by atoms with Gasteiger partial charge in [-0.15, -0.1) is 11.3 Å². The number of nitrogens with zero attached hydrogens (tertiary/aromatic N) is 4. The largest absolute Gasteiger partial charge is 0.297 e. The molecule has 18 heavy (non-hydrogen) atoms. The average Bonchev–Trinajstić information content (AvgIpc) is 2.94. The molecule has 0 bridgehead atoms. The molecule has 1 saturated heterocycles. The molecule has 0 N–H and O–H groups in total. The number of hydrogen-bond donors (Lipinski definition) is 0. The first kappa shape index (κ1) is 11.7. The molecule has 0 aromatic carbocycles. The van der Waals surface area contributed by atoms with Crippen molar-refractivity contribution in [2.24, 2.45) is 0 Å². The van der Waals surface area contributed by atoms with Gasteiger partial charge in [-0.05, 0) is 32.0 Å². The third-order valence-corrected chi connectivity index (χ3v) is 4.12. The summed E-state index contributed by atoms with van der Waals surface area (Å²) in [5, 5.41) is 2.14. The van der Waals surface area contributed by atoms with E-state index in [0.717, 1.165) is 19.6 Å². The zero-order valence-electron chi connectivity index (χ0n) is 10.2. The van der Waals surface area contributed by atoms with E-state index >= 15 is 0 Å². The van der Waals surface area contributed by atoms with Gasteiger partial charge in [0.15, 0.2) is 0 Å². The van der Waals surface area contributed by atoms with Gasteiger partial charge in [-0.25, -0.2) is 15.0 Å². The van der Waals surface area contributed by atoms with E-state index in [9.17, 15) is 0 Å². The van der Waals surface area contributed by atoms with Crippen LogP contribution in [0.5, 0.6) is 0 Å². The Labute approximate surface area is 111 Å². The van der Waals surface area contributed by atoms with Crippen molar-refractivity contribution < 1.29 is 0 Å². The Morgan fingerprint density at radius 3 is 2.83 bits per heavy atom. The molecule has 0 unspecified atom stereocenters. The summed E-state index contributed by atoms with van der Waals surface area (Å²) in [6.07, 6.45) is 5.85. The summed E-state index contributed by atoms with van der Waals surface area (Å²) in [5.41, 5.74) is 4.29. The second-order valence-corrected chi connectivity index (χ2v) is 5.38. The summed E-state index contributed by atoms with van der Waals surface area (Å²) in [7, 11) is 0. The quantitative estimate of drug-likeness (QED) is 0.849. The van der Waals surface area contributed by atoms with Gasteiger partial charge in [-0.1, -0.05) is 0 Å². The van der Waals surface area contributed by atoms with E-state index in [2.05, 4.69) is 25.2 Å². The van der Waals surface area contributed by atoms with Crippen molar-refractivity contribution in [3.05, 3.63) is 40.9 Å². The minimum Gasteiger partial charge on any atom is -0.297 e. The highest BCUT2D eigenvalue weighted by molar-refractivity contribution is 7.07. The van der Waals surface area contributed by atoms with Crippen LogP contribution < -0.4 is 0 Å². The first-order chi connectivity index (χ1) is 8.92. The van der Waals surface area contributed by atoms with E-state index in [0.29, 0.717) is 5.92 Å². The van der Waals surface area contributed by atoms with E-state index in [4.69, 9.17) is 0 Å². The highest BCUT2D eigenvalue weighted by Gasteiger charge is 2.21. The molecule has 94 valence electrons. The van der Waals surface area contributed by atoms with Crippen LogP contribution in [0.1, 0.15) is 30.1 Å². The fraction of sp³-hybridized carbons (Fsp3) is 0.462. The van der Waals surface area contributed by atoms with Gasteiger partial charge in [-0.3, -0.25) is 4.90 Å². The van der Waals surface area contributed by atoms with Gasteiger partial charge in [0.25, 0.3) is 0 Å². The summed E-state index contributed by atoms with van der Waals surface area (Å²) in [4.78, 5) is 15.2. The second kappa shape index (κ2) is 5.54. The van der Waals surface area contributed by atoms with Crippen LogP contribution in [0.15, 0.2) is 29.5 Å². The van der Waals surface area contributed by atoms with E-state index in [1.165, 1.54) is 24.2 Å². The maximum atomic E-state index is 4.36. The Balaban J connectivity index is 1.55. The maximum Gasteiger partial charge on any atom is 0.115 e. The summed E-state index contributed by atoms with van der Waals surface area (Å²) >= 11 is 1.67. The van der Waals surface area contributed by atoms with E-state index in [1.807, 2.05) is 17.8 Å². The minimum atomic E-state index is 0.597. The highest BCUT2D eigenvalue weighted by atomic mass is 32.1. The summed E-state index contributed by atoms with van der Waals surface area (Å²) in [6.45, 7) is 3.25. The Hall–Kier alpha value is -1.33. The van der Waals surface area contributed by atoms with Crippen LogP contribution in [-0.4, -0.2) is 32.9 Å². The number of rotatable bonds is 3. The lowest BCUT2D eigenvalue weighted by Crippen LogP contribution is -2.32. The number of thiazole rings is 1. The summed E-state index contributed by atoms with van der Waals surface area (Å²) in [6, 6.07) is 2.04. The number of aromatic nitrogens is 3. The van der Waals surface area contributed by atoms with Crippen molar-refractivity contribution in [2.75, 3.05) is 13.1 Å². The third-order valence-electron chi connectivity index (χ3n) is 3.48. The Morgan fingerprint density at radius 2 is 2.17 bits per heavy atom. The van der Waals surface area contributed by atoms with Crippen LogP contribution >= 0.6 is 11.3 Å². The average molecular weight is 260 g/mol. The maximum absolute atomic E-state index is 4.36. The lowest BCUT2D eigenvalue weighted by atomic mass is 9.93. The van der Waals surface area contributed by atoms with Crippen molar-refractivity contribution in [1.29, 1.82) is 0 Å². The predicted octanol–water partition coefficient (Wildman–Crippen LogP) is 2.31. The number of likely N-dealkylation sites (tertiary alicyclic amines) is 1. The summed E-state index contributed by atoms with van der Waals surface area (Å²) < 4.78 is 0. The van der Waals surface area contributed by atoms with Crippen molar-refractivity contribution >= 4 is 11.3 Å². The molecule has 1 aliphatic heterocycles. The molecule has 4 nitrogen and oxygen atoms in total. The Bertz CT molecular complexity index is 463.